The highest BCUT2D eigenvalue weighted by molar-refractivity contribution is 5.28. The van der Waals surface area contributed by atoms with Gasteiger partial charge in [0.15, 0.2) is 0 Å². The van der Waals surface area contributed by atoms with E-state index in [9.17, 15) is 5.11 Å². The Labute approximate surface area is 136 Å². The number of aromatic hydroxyl groups is 1. The minimum Gasteiger partial charge on any atom is -0.508 e. The Balaban J connectivity index is 1.96. The molecule has 0 unspecified atom stereocenters. The van der Waals surface area contributed by atoms with Crippen LogP contribution in [0.2, 0.25) is 0 Å². The van der Waals surface area contributed by atoms with E-state index in [0.29, 0.717) is 5.75 Å². The molecule has 0 amide bonds. The first-order valence-electron chi connectivity index (χ1n) is 8.92. The van der Waals surface area contributed by atoms with E-state index in [-0.39, 0.29) is 0 Å². The van der Waals surface area contributed by atoms with E-state index >= 15 is 0 Å². The lowest BCUT2D eigenvalue weighted by molar-refractivity contribution is 0.474. The van der Waals surface area contributed by atoms with Crippen LogP contribution in [0.3, 0.4) is 0 Å². The van der Waals surface area contributed by atoms with Gasteiger partial charge >= 0.3 is 0 Å². The largest absolute Gasteiger partial charge is 0.508 e. The first kappa shape index (κ1) is 18.5. The summed E-state index contributed by atoms with van der Waals surface area (Å²) in [4.78, 5) is 0. The van der Waals surface area contributed by atoms with Crippen molar-refractivity contribution in [1.82, 2.24) is 0 Å². The Morgan fingerprint density at radius 1 is 0.864 bits per heavy atom. The normalized spacial score (nSPS) is 11.7. The smallest absolute Gasteiger partial charge is 0.115 e. The van der Waals surface area contributed by atoms with Gasteiger partial charge in [-0.1, -0.05) is 88.3 Å². The summed E-state index contributed by atoms with van der Waals surface area (Å²) in [6.45, 7) is 2.27. The molecule has 1 heteroatoms. The summed E-state index contributed by atoms with van der Waals surface area (Å²) in [5, 5.41) is 9.38. The number of rotatable bonds is 12. The van der Waals surface area contributed by atoms with Gasteiger partial charge in [0.25, 0.3) is 0 Å². The van der Waals surface area contributed by atoms with Gasteiger partial charge in [0.1, 0.15) is 5.75 Å². The lowest BCUT2D eigenvalue weighted by Gasteiger charge is -1.99. The maximum atomic E-state index is 9.38. The van der Waals surface area contributed by atoms with Gasteiger partial charge in [-0.2, -0.15) is 0 Å². The quantitative estimate of drug-likeness (QED) is 0.341. The van der Waals surface area contributed by atoms with Crippen LogP contribution in [0.1, 0.15) is 70.3 Å². The average Bonchev–Trinajstić information content (AvgIpc) is 2.52. The van der Waals surface area contributed by atoms with Gasteiger partial charge in [0.05, 0.1) is 0 Å². The van der Waals surface area contributed by atoms with Gasteiger partial charge in [0.2, 0.25) is 0 Å². The zero-order chi connectivity index (χ0) is 15.9. The average molecular weight is 300 g/mol. The topological polar surface area (TPSA) is 20.2 Å². The fourth-order valence-electron chi connectivity index (χ4n) is 2.54. The lowest BCUT2D eigenvalue weighted by Crippen LogP contribution is -1.80. The Morgan fingerprint density at radius 2 is 1.55 bits per heavy atom. The van der Waals surface area contributed by atoms with Crippen molar-refractivity contribution >= 4 is 0 Å². The van der Waals surface area contributed by atoms with Crippen molar-refractivity contribution in [2.24, 2.45) is 0 Å². The second kappa shape index (κ2) is 13.2. The maximum absolute atomic E-state index is 9.38. The number of hydrogen-bond donors (Lipinski definition) is 1. The zero-order valence-corrected chi connectivity index (χ0v) is 14.1. The van der Waals surface area contributed by atoms with Crippen molar-refractivity contribution in [1.29, 1.82) is 0 Å². The Hall–Kier alpha value is -1.50. The second-order valence-electron chi connectivity index (χ2n) is 5.99. The molecule has 1 aromatic rings. The monoisotopic (exact) mass is 300 g/mol. The first-order chi connectivity index (χ1) is 10.8. The van der Waals surface area contributed by atoms with Gasteiger partial charge in [-0.15, -0.1) is 0 Å². The molecule has 0 saturated carbocycles. The molecule has 1 rings (SSSR count). The summed E-state index contributed by atoms with van der Waals surface area (Å²) in [5.74, 6) is 0.344. The van der Waals surface area contributed by atoms with Crippen molar-refractivity contribution < 1.29 is 5.11 Å². The van der Waals surface area contributed by atoms with E-state index < -0.39 is 0 Å². The maximum Gasteiger partial charge on any atom is 0.115 e. The first-order valence-corrected chi connectivity index (χ1v) is 8.92. The van der Waals surface area contributed by atoms with Crippen LogP contribution < -0.4 is 0 Å². The van der Waals surface area contributed by atoms with E-state index in [4.69, 9.17) is 0 Å². The molecular formula is C21H32O. The Kier molecular flexibility index (Phi) is 11.1. The fourth-order valence-corrected chi connectivity index (χ4v) is 2.54. The third-order valence-corrected chi connectivity index (χ3v) is 3.87. The van der Waals surface area contributed by atoms with Crippen molar-refractivity contribution in [2.45, 2.75) is 71.1 Å². The van der Waals surface area contributed by atoms with Crippen LogP contribution in [0.4, 0.5) is 0 Å². The van der Waals surface area contributed by atoms with Crippen molar-refractivity contribution in [2.75, 3.05) is 0 Å². The van der Waals surface area contributed by atoms with Gasteiger partial charge in [-0.25, -0.2) is 0 Å². The summed E-state index contributed by atoms with van der Waals surface area (Å²) in [5.41, 5.74) is 1.15. The molecule has 0 radical (unpaired) electrons. The molecule has 0 saturated heterocycles. The van der Waals surface area contributed by atoms with Crippen LogP contribution in [0.15, 0.2) is 48.6 Å². The van der Waals surface area contributed by atoms with Gasteiger partial charge in [-0.05, 0) is 37.0 Å². The molecule has 0 aliphatic carbocycles. The molecule has 0 bridgehead atoms. The molecule has 0 fully saturated rings. The van der Waals surface area contributed by atoms with Crippen LogP contribution >= 0.6 is 0 Å². The molecule has 0 spiro atoms. The van der Waals surface area contributed by atoms with Crippen molar-refractivity contribution in [3.8, 4) is 5.75 Å². The fraction of sp³-hybridized carbons (Fsp3) is 0.524. The van der Waals surface area contributed by atoms with Crippen LogP contribution in [0, 0.1) is 0 Å². The summed E-state index contributed by atoms with van der Waals surface area (Å²) >= 11 is 0. The van der Waals surface area contributed by atoms with Crippen molar-refractivity contribution in [3.05, 3.63) is 54.1 Å². The molecule has 0 aliphatic rings. The third-order valence-electron chi connectivity index (χ3n) is 3.87. The summed E-state index contributed by atoms with van der Waals surface area (Å²) < 4.78 is 0. The molecule has 0 aromatic heterocycles. The van der Waals surface area contributed by atoms with E-state index in [1.807, 2.05) is 18.2 Å². The van der Waals surface area contributed by atoms with Gasteiger partial charge < -0.3 is 5.11 Å². The Morgan fingerprint density at radius 3 is 2.27 bits per heavy atom. The van der Waals surface area contributed by atoms with E-state index in [1.54, 1.807) is 6.07 Å². The van der Waals surface area contributed by atoms with E-state index in [0.717, 1.165) is 12.0 Å². The number of unbranched alkanes of at least 4 members (excludes halogenated alkanes) is 8. The highest BCUT2D eigenvalue weighted by Gasteiger charge is 1.91. The number of phenolic OH excluding ortho intramolecular Hbond substituents is 1. The van der Waals surface area contributed by atoms with Crippen molar-refractivity contribution in [3.63, 3.8) is 0 Å². The van der Waals surface area contributed by atoms with E-state index in [1.165, 1.54) is 57.8 Å². The van der Waals surface area contributed by atoms with Gasteiger partial charge in [-0.3, -0.25) is 0 Å². The number of allylic oxidation sites excluding steroid dienone is 4. The van der Waals surface area contributed by atoms with Crippen LogP contribution in [-0.2, 0) is 6.42 Å². The minimum absolute atomic E-state index is 0.344. The van der Waals surface area contributed by atoms with E-state index in [2.05, 4.69) is 31.2 Å². The highest BCUT2D eigenvalue weighted by Crippen LogP contribution is 2.12. The molecule has 0 aliphatic heterocycles. The van der Waals surface area contributed by atoms with Crippen LogP contribution in [0.5, 0.6) is 5.75 Å². The number of hydrogen-bond acceptors (Lipinski definition) is 1. The zero-order valence-electron chi connectivity index (χ0n) is 14.1. The minimum atomic E-state index is 0.344. The molecule has 0 heterocycles. The standard InChI is InChI=1S/C21H32O/c1-2-3-4-5-6-7-8-9-10-11-12-13-14-16-20-17-15-18-21(22)19-20/h11-15,17-19,22H,2-10,16H2,1H3/b12-11+,14-13+. The molecule has 1 aromatic carbocycles. The third kappa shape index (κ3) is 10.3. The number of phenols is 1. The Bertz CT molecular complexity index is 431. The summed E-state index contributed by atoms with van der Waals surface area (Å²) in [7, 11) is 0. The molecular weight excluding hydrogens is 268 g/mol. The highest BCUT2D eigenvalue weighted by atomic mass is 16.3. The molecule has 1 N–H and O–H groups in total. The predicted molar refractivity (Wildman–Crippen MR) is 97.3 cm³/mol. The molecule has 22 heavy (non-hydrogen) atoms. The summed E-state index contributed by atoms with van der Waals surface area (Å²) in [6.07, 6.45) is 21.8. The molecule has 1 nitrogen and oxygen atoms in total. The summed E-state index contributed by atoms with van der Waals surface area (Å²) in [6, 6.07) is 7.44. The molecule has 0 atom stereocenters. The van der Waals surface area contributed by atoms with Crippen LogP contribution in [0.25, 0.3) is 0 Å². The number of benzene rings is 1. The SMILES string of the molecule is CCCCCCCCCC/C=C/C=C/Cc1cccc(O)c1. The van der Waals surface area contributed by atoms with Crippen LogP contribution in [-0.4, -0.2) is 5.11 Å². The molecule has 122 valence electrons. The lowest BCUT2D eigenvalue weighted by atomic mass is 10.1. The predicted octanol–water partition coefficient (Wildman–Crippen LogP) is 6.58. The second-order valence-corrected chi connectivity index (χ2v) is 5.99. The van der Waals surface area contributed by atoms with Gasteiger partial charge in [0, 0.05) is 0 Å².